The quantitative estimate of drug-likeness (QED) is 0.773. The van der Waals surface area contributed by atoms with Crippen LogP contribution in [0.5, 0.6) is 0 Å². The predicted octanol–water partition coefficient (Wildman–Crippen LogP) is 4.26. The van der Waals surface area contributed by atoms with Gasteiger partial charge in [0.15, 0.2) is 0 Å². The minimum absolute atomic E-state index is 0.0197. The van der Waals surface area contributed by atoms with Crippen molar-refractivity contribution in [3.63, 3.8) is 0 Å². The van der Waals surface area contributed by atoms with Crippen molar-refractivity contribution in [1.82, 2.24) is 14.7 Å². The fraction of sp³-hybridized carbons (Fsp3) is 0.565. The van der Waals surface area contributed by atoms with E-state index < -0.39 is 0 Å². The summed E-state index contributed by atoms with van der Waals surface area (Å²) in [5, 5.41) is 4.49. The fourth-order valence-electron chi connectivity index (χ4n) is 5.32. The monoisotopic (exact) mass is 398 g/mol. The molecular weight excluding hydrogens is 367 g/mol. The van der Waals surface area contributed by atoms with Gasteiger partial charge in [0.05, 0.1) is 11.3 Å². The van der Waals surface area contributed by atoms with Crippen LogP contribution in [0.2, 0.25) is 0 Å². The average Bonchev–Trinajstić information content (AvgIpc) is 3.17. The molecule has 0 saturated carbocycles. The van der Waals surface area contributed by atoms with E-state index in [4.69, 9.17) is 0 Å². The molecule has 2 fully saturated rings. The third-order valence-electron chi connectivity index (χ3n) is 6.46. The molecule has 3 heterocycles. The molecule has 0 bridgehead atoms. The maximum atomic E-state index is 13.4. The van der Waals surface area contributed by atoms with Crippen LogP contribution in [0.3, 0.4) is 0 Å². The molecule has 0 aliphatic carbocycles. The van der Waals surface area contributed by atoms with Gasteiger partial charge in [-0.15, -0.1) is 0 Å². The number of fused-ring (bicyclic) bond motifs is 1. The zero-order chi connectivity index (χ0) is 20.8. The number of carbonyl (C=O) groups excluding carboxylic acids is 1. The number of hydrogen-bond acceptors (Lipinski definition) is 3. The first-order valence-corrected chi connectivity index (χ1v) is 10.7. The van der Waals surface area contributed by atoms with E-state index in [2.05, 4.69) is 30.8 Å². The van der Waals surface area contributed by atoms with E-state index in [1.54, 1.807) is 0 Å². The molecule has 156 valence electrons. The Morgan fingerprint density at radius 1 is 1.28 bits per heavy atom. The average molecular weight is 399 g/mol. The molecule has 2 aliphatic rings. The number of anilines is 1. The Morgan fingerprint density at radius 3 is 2.69 bits per heavy atom. The Morgan fingerprint density at radius 2 is 2.00 bits per heavy atom. The van der Waals surface area contributed by atoms with Gasteiger partial charge < -0.3 is 9.80 Å². The number of nitrogens with zero attached hydrogens (tertiary/aromatic N) is 4. The first-order chi connectivity index (χ1) is 13.8. The lowest BCUT2D eigenvalue weighted by Gasteiger charge is -2.41. The molecular formula is C23H31FN4O. The van der Waals surface area contributed by atoms with E-state index in [0.29, 0.717) is 12.0 Å². The minimum atomic E-state index is -0.207. The third-order valence-corrected chi connectivity index (χ3v) is 6.46. The fourth-order valence-corrected chi connectivity index (χ4v) is 5.32. The van der Waals surface area contributed by atoms with Crippen LogP contribution in [-0.2, 0) is 6.54 Å². The lowest BCUT2D eigenvalue weighted by atomic mass is 9.89. The molecule has 2 aromatic rings. The highest BCUT2D eigenvalue weighted by atomic mass is 19.1. The minimum Gasteiger partial charge on any atom is -0.363 e. The molecule has 0 N–H and O–H groups in total. The van der Waals surface area contributed by atoms with Gasteiger partial charge >= 0.3 is 0 Å². The van der Waals surface area contributed by atoms with Gasteiger partial charge in [-0.3, -0.25) is 9.48 Å². The largest absolute Gasteiger partial charge is 0.363 e. The zero-order valence-electron chi connectivity index (χ0n) is 17.9. The Balaban J connectivity index is 1.52. The molecule has 5 nitrogen and oxygen atoms in total. The standard InChI is InChI=1S/C23H31FN4O/c1-5-11-27-15-20(16(2)25-27)22(29)26-12-10-21-17(14-26)13-23(3,4)28(21)19-8-6-18(24)7-9-19/h6-9,15,17,21H,5,10-14H2,1-4H3/t17-,21+/m1/s1. The van der Waals surface area contributed by atoms with Crippen molar-refractivity contribution in [1.29, 1.82) is 0 Å². The third kappa shape index (κ3) is 3.65. The molecule has 0 spiro atoms. The summed E-state index contributed by atoms with van der Waals surface area (Å²) in [5.74, 6) is 0.307. The second kappa shape index (κ2) is 7.47. The van der Waals surface area contributed by atoms with Crippen molar-refractivity contribution >= 4 is 11.6 Å². The SMILES string of the molecule is CCCn1cc(C(=O)N2CC[C@H]3[C@@H](C2)CC(C)(C)N3c2ccc(F)cc2)c(C)n1. The number of aromatic nitrogens is 2. The molecule has 6 heteroatoms. The van der Waals surface area contributed by atoms with Gasteiger partial charge in [0, 0.05) is 43.1 Å². The molecule has 2 atom stereocenters. The van der Waals surface area contributed by atoms with Crippen LogP contribution in [0.25, 0.3) is 0 Å². The normalized spacial score (nSPS) is 23.3. The van der Waals surface area contributed by atoms with Gasteiger partial charge in [-0.05, 0) is 70.2 Å². The number of amides is 1. The lowest BCUT2D eigenvalue weighted by molar-refractivity contribution is 0.0666. The zero-order valence-corrected chi connectivity index (χ0v) is 17.9. The number of likely N-dealkylation sites (tertiary alicyclic amines) is 1. The van der Waals surface area contributed by atoms with Crippen LogP contribution in [0, 0.1) is 18.7 Å². The molecule has 1 aromatic carbocycles. The lowest BCUT2D eigenvalue weighted by Crippen LogP contribution is -2.50. The van der Waals surface area contributed by atoms with Crippen molar-refractivity contribution in [3.8, 4) is 0 Å². The summed E-state index contributed by atoms with van der Waals surface area (Å²) in [4.78, 5) is 17.6. The van der Waals surface area contributed by atoms with Crippen molar-refractivity contribution in [2.75, 3.05) is 18.0 Å². The van der Waals surface area contributed by atoms with E-state index >= 15 is 0 Å². The van der Waals surface area contributed by atoms with E-state index in [1.165, 1.54) is 12.1 Å². The van der Waals surface area contributed by atoms with Gasteiger partial charge in [-0.25, -0.2) is 4.39 Å². The first kappa shape index (κ1) is 19.9. The first-order valence-electron chi connectivity index (χ1n) is 10.7. The Kier molecular flexibility index (Phi) is 5.13. The molecule has 1 aromatic heterocycles. The maximum Gasteiger partial charge on any atom is 0.257 e. The highest BCUT2D eigenvalue weighted by Gasteiger charge is 2.48. The van der Waals surface area contributed by atoms with Gasteiger partial charge in [-0.2, -0.15) is 5.10 Å². The van der Waals surface area contributed by atoms with Crippen LogP contribution in [0.1, 0.15) is 56.1 Å². The van der Waals surface area contributed by atoms with Crippen LogP contribution in [0.15, 0.2) is 30.5 Å². The molecule has 2 aliphatic heterocycles. The Labute approximate surface area is 172 Å². The van der Waals surface area contributed by atoms with E-state index in [-0.39, 0.29) is 17.3 Å². The summed E-state index contributed by atoms with van der Waals surface area (Å²) in [6.07, 6.45) is 4.85. The smallest absolute Gasteiger partial charge is 0.257 e. The molecule has 0 radical (unpaired) electrons. The summed E-state index contributed by atoms with van der Waals surface area (Å²) in [5.41, 5.74) is 2.59. The number of rotatable bonds is 4. The van der Waals surface area contributed by atoms with Crippen molar-refractivity contribution in [2.24, 2.45) is 5.92 Å². The maximum absolute atomic E-state index is 13.4. The molecule has 1 amide bonds. The van der Waals surface area contributed by atoms with E-state index in [1.807, 2.05) is 34.8 Å². The van der Waals surface area contributed by atoms with Crippen molar-refractivity contribution in [2.45, 2.75) is 65.1 Å². The molecule has 0 unspecified atom stereocenters. The predicted molar refractivity (Wildman–Crippen MR) is 113 cm³/mol. The second-order valence-electron chi connectivity index (χ2n) is 9.12. The number of benzene rings is 1. The number of piperidine rings is 1. The summed E-state index contributed by atoms with van der Waals surface area (Å²) in [6, 6.07) is 7.20. The Bertz CT molecular complexity index is 889. The van der Waals surface area contributed by atoms with Crippen LogP contribution < -0.4 is 4.90 Å². The van der Waals surface area contributed by atoms with Gasteiger partial charge in [0.25, 0.3) is 5.91 Å². The van der Waals surface area contributed by atoms with Gasteiger partial charge in [0.2, 0.25) is 0 Å². The second-order valence-corrected chi connectivity index (χ2v) is 9.12. The number of carbonyl (C=O) groups is 1. The topological polar surface area (TPSA) is 41.4 Å². The van der Waals surface area contributed by atoms with Crippen molar-refractivity contribution < 1.29 is 9.18 Å². The number of halogens is 1. The molecule has 2 saturated heterocycles. The molecule has 4 rings (SSSR count). The van der Waals surface area contributed by atoms with E-state index in [9.17, 15) is 9.18 Å². The van der Waals surface area contributed by atoms with Crippen LogP contribution in [-0.4, -0.2) is 45.3 Å². The van der Waals surface area contributed by atoms with Crippen molar-refractivity contribution in [3.05, 3.63) is 47.5 Å². The summed E-state index contributed by atoms with van der Waals surface area (Å²) in [6.45, 7) is 10.9. The van der Waals surface area contributed by atoms with Crippen LogP contribution in [0.4, 0.5) is 10.1 Å². The summed E-state index contributed by atoms with van der Waals surface area (Å²) < 4.78 is 15.3. The van der Waals surface area contributed by atoms with Gasteiger partial charge in [0.1, 0.15) is 5.82 Å². The van der Waals surface area contributed by atoms with Gasteiger partial charge in [-0.1, -0.05) is 6.92 Å². The highest BCUT2D eigenvalue weighted by Crippen LogP contribution is 2.44. The van der Waals surface area contributed by atoms with E-state index in [0.717, 1.165) is 55.8 Å². The number of aryl methyl sites for hydroxylation is 2. The Hall–Kier alpha value is -2.37. The highest BCUT2D eigenvalue weighted by molar-refractivity contribution is 5.95. The summed E-state index contributed by atoms with van der Waals surface area (Å²) >= 11 is 0. The molecule has 29 heavy (non-hydrogen) atoms. The summed E-state index contributed by atoms with van der Waals surface area (Å²) in [7, 11) is 0. The van der Waals surface area contributed by atoms with Crippen LogP contribution >= 0.6 is 0 Å². The number of hydrogen-bond donors (Lipinski definition) is 0.